The van der Waals surface area contributed by atoms with Crippen LogP contribution in [0, 0.1) is 5.92 Å². The summed E-state index contributed by atoms with van der Waals surface area (Å²) in [7, 11) is 0. The van der Waals surface area contributed by atoms with Crippen LogP contribution < -0.4 is 5.73 Å². The highest BCUT2D eigenvalue weighted by Gasteiger charge is 2.25. The maximum Gasteiger partial charge on any atom is 0.236 e. The van der Waals surface area contributed by atoms with Crippen molar-refractivity contribution < 1.29 is 4.79 Å². The van der Waals surface area contributed by atoms with Crippen LogP contribution in [0.1, 0.15) is 20.3 Å². The Morgan fingerprint density at radius 3 is 2.35 bits per heavy atom. The predicted molar refractivity (Wildman–Crippen MR) is 76.0 cm³/mol. The first-order valence-corrected chi connectivity index (χ1v) is 5.91. The summed E-state index contributed by atoms with van der Waals surface area (Å²) < 4.78 is 0. The number of likely N-dealkylation sites (tertiary alicyclic amines) is 1. The molecule has 1 fully saturated rings. The van der Waals surface area contributed by atoms with Gasteiger partial charge in [0.25, 0.3) is 0 Å². The number of halogens is 2. The molecule has 1 heterocycles. The molecule has 1 aliphatic rings. The highest BCUT2D eigenvalue weighted by molar-refractivity contribution is 5.85. The number of carbonyl (C=O) groups excluding carboxylic acids is 1. The lowest BCUT2D eigenvalue weighted by Gasteiger charge is -2.22. The van der Waals surface area contributed by atoms with Crippen LogP contribution in [0.4, 0.5) is 0 Å². The van der Waals surface area contributed by atoms with E-state index in [4.69, 9.17) is 5.73 Å². The Kier molecular flexibility index (Phi) is 11.3. The molecular weight excluding hydrogens is 261 g/mol. The van der Waals surface area contributed by atoms with E-state index in [1.807, 2.05) is 4.90 Å². The van der Waals surface area contributed by atoms with Gasteiger partial charge in [-0.1, -0.05) is 13.8 Å². The Balaban J connectivity index is 0. The minimum atomic E-state index is 0. The van der Waals surface area contributed by atoms with Gasteiger partial charge in [0, 0.05) is 13.1 Å². The first-order chi connectivity index (χ1) is 7.21. The molecule has 0 aliphatic carbocycles. The Morgan fingerprint density at radius 2 is 1.94 bits per heavy atom. The van der Waals surface area contributed by atoms with Crippen LogP contribution in [0.2, 0.25) is 0 Å². The molecular formula is C11H25Cl2N3O. The molecule has 0 aromatic carbocycles. The zero-order valence-electron chi connectivity index (χ0n) is 10.7. The number of nitrogens with two attached hydrogens (primary N) is 1. The van der Waals surface area contributed by atoms with Crippen molar-refractivity contribution in [1.29, 1.82) is 0 Å². The first kappa shape index (κ1) is 19.3. The van der Waals surface area contributed by atoms with E-state index in [2.05, 4.69) is 18.7 Å². The summed E-state index contributed by atoms with van der Waals surface area (Å²) in [5.74, 6) is 0.778. The Hall–Kier alpha value is -0.0300. The van der Waals surface area contributed by atoms with Gasteiger partial charge in [-0.25, -0.2) is 0 Å². The van der Waals surface area contributed by atoms with Crippen LogP contribution >= 0.6 is 24.8 Å². The molecule has 0 radical (unpaired) electrons. The molecule has 1 aliphatic heterocycles. The third-order valence-electron chi connectivity index (χ3n) is 3.23. The van der Waals surface area contributed by atoms with Crippen molar-refractivity contribution in [3.63, 3.8) is 0 Å². The molecule has 0 bridgehead atoms. The summed E-state index contributed by atoms with van der Waals surface area (Å²) in [6.45, 7) is 9.07. The van der Waals surface area contributed by atoms with Gasteiger partial charge in [-0.05, 0) is 32.0 Å². The van der Waals surface area contributed by atoms with Gasteiger partial charge in [0.1, 0.15) is 0 Å². The smallest absolute Gasteiger partial charge is 0.236 e. The Labute approximate surface area is 117 Å². The number of carbonyl (C=O) groups is 1. The summed E-state index contributed by atoms with van der Waals surface area (Å²) >= 11 is 0. The molecule has 0 aromatic heterocycles. The van der Waals surface area contributed by atoms with Crippen LogP contribution in [0.25, 0.3) is 0 Å². The minimum Gasteiger partial charge on any atom is -0.341 e. The van der Waals surface area contributed by atoms with Crippen molar-refractivity contribution in [1.82, 2.24) is 9.80 Å². The largest absolute Gasteiger partial charge is 0.341 e. The molecule has 1 unspecified atom stereocenters. The van der Waals surface area contributed by atoms with Gasteiger partial charge in [0.15, 0.2) is 0 Å². The van der Waals surface area contributed by atoms with Gasteiger partial charge in [-0.2, -0.15) is 0 Å². The van der Waals surface area contributed by atoms with Crippen molar-refractivity contribution in [2.24, 2.45) is 11.7 Å². The van der Waals surface area contributed by atoms with Crippen molar-refractivity contribution >= 4 is 30.7 Å². The number of rotatable bonds is 5. The molecule has 2 N–H and O–H groups in total. The molecule has 1 rings (SSSR count). The highest BCUT2D eigenvalue weighted by atomic mass is 35.5. The number of hydrogen-bond acceptors (Lipinski definition) is 3. The van der Waals surface area contributed by atoms with Crippen LogP contribution in [0.3, 0.4) is 0 Å². The van der Waals surface area contributed by atoms with Crippen LogP contribution in [0.15, 0.2) is 0 Å². The fraction of sp³-hybridized carbons (Fsp3) is 0.909. The fourth-order valence-corrected chi connectivity index (χ4v) is 1.99. The first-order valence-electron chi connectivity index (χ1n) is 5.91. The average Bonchev–Trinajstić information content (AvgIpc) is 2.74. The third kappa shape index (κ3) is 5.91. The monoisotopic (exact) mass is 285 g/mol. The Morgan fingerprint density at radius 1 is 1.35 bits per heavy atom. The number of likely N-dealkylation sites (N-methyl/N-ethyl adjacent to an activating group) is 1. The van der Waals surface area contributed by atoms with E-state index >= 15 is 0 Å². The van der Waals surface area contributed by atoms with Crippen LogP contribution in [0.5, 0.6) is 0 Å². The van der Waals surface area contributed by atoms with Gasteiger partial charge in [-0.15, -0.1) is 24.8 Å². The summed E-state index contributed by atoms with van der Waals surface area (Å²) in [5, 5.41) is 0. The van der Waals surface area contributed by atoms with E-state index < -0.39 is 0 Å². The van der Waals surface area contributed by atoms with Gasteiger partial charge in [0.2, 0.25) is 5.91 Å². The summed E-state index contributed by atoms with van der Waals surface area (Å²) in [6.07, 6.45) is 1.07. The SMILES string of the molecule is CCN(CC)CC(=O)N1CCC(CN)C1.Cl.Cl. The summed E-state index contributed by atoms with van der Waals surface area (Å²) in [4.78, 5) is 16.0. The lowest BCUT2D eigenvalue weighted by Crippen LogP contribution is -2.39. The zero-order valence-corrected chi connectivity index (χ0v) is 12.4. The molecule has 4 nitrogen and oxygen atoms in total. The number of amides is 1. The third-order valence-corrected chi connectivity index (χ3v) is 3.23. The lowest BCUT2D eigenvalue weighted by molar-refractivity contribution is -0.131. The lowest BCUT2D eigenvalue weighted by atomic mass is 10.1. The van der Waals surface area contributed by atoms with Crippen molar-refractivity contribution in [2.45, 2.75) is 20.3 Å². The van der Waals surface area contributed by atoms with Crippen molar-refractivity contribution in [2.75, 3.05) is 39.3 Å². The van der Waals surface area contributed by atoms with Crippen LogP contribution in [-0.4, -0.2) is 55.0 Å². The molecule has 1 amide bonds. The average molecular weight is 286 g/mol. The van der Waals surface area contributed by atoms with E-state index in [0.29, 0.717) is 19.0 Å². The number of hydrogen-bond donors (Lipinski definition) is 1. The molecule has 0 spiro atoms. The second-order valence-corrected chi connectivity index (χ2v) is 4.19. The van der Waals surface area contributed by atoms with Gasteiger partial charge in [-0.3, -0.25) is 9.69 Å². The maximum atomic E-state index is 11.9. The summed E-state index contributed by atoms with van der Waals surface area (Å²) in [6, 6.07) is 0. The molecule has 0 saturated carbocycles. The maximum absolute atomic E-state index is 11.9. The van der Waals surface area contributed by atoms with Gasteiger partial charge < -0.3 is 10.6 Å². The van der Waals surface area contributed by atoms with E-state index in [1.165, 1.54) is 0 Å². The van der Waals surface area contributed by atoms with E-state index in [9.17, 15) is 4.79 Å². The second kappa shape index (κ2) is 9.95. The number of nitrogens with zero attached hydrogens (tertiary/aromatic N) is 2. The molecule has 17 heavy (non-hydrogen) atoms. The van der Waals surface area contributed by atoms with E-state index in [1.54, 1.807) is 0 Å². The van der Waals surface area contributed by atoms with E-state index in [-0.39, 0.29) is 30.7 Å². The van der Waals surface area contributed by atoms with Gasteiger partial charge in [0.05, 0.1) is 6.54 Å². The molecule has 1 atom stereocenters. The molecule has 0 aromatic rings. The molecule has 6 heteroatoms. The van der Waals surface area contributed by atoms with E-state index in [0.717, 1.165) is 32.6 Å². The second-order valence-electron chi connectivity index (χ2n) is 4.19. The normalized spacial score (nSPS) is 18.8. The quantitative estimate of drug-likeness (QED) is 0.819. The topological polar surface area (TPSA) is 49.6 Å². The standard InChI is InChI=1S/C11H23N3O.2ClH/c1-3-13(4-2)9-11(15)14-6-5-10(7-12)8-14;;/h10H,3-9,12H2,1-2H3;2*1H. The predicted octanol–water partition coefficient (Wildman–Crippen LogP) is 0.979. The van der Waals surface area contributed by atoms with Crippen molar-refractivity contribution in [3.8, 4) is 0 Å². The molecule has 104 valence electrons. The van der Waals surface area contributed by atoms with Crippen LogP contribution in [-0.2, 0) is 4.79 Å². The zero-order chi connectivity index (χ0) is 11.3. The minimum absolute atomic E-state index is 0. The summed E-state index contributed by atoms with van der Waals surface area (Å²) in [5.41, 5.74) is 5.60. The highest BCUT2D eigenvalue weighted by Crippen LogP contribution is 2.14. The Bertz CT molecular complexity index is 213. The van der Waals surface area contributed by atoms with Gasteiger partial charge >= 0.3 is 0 Å². The van der Waals surface area contributed by atoms with Crippen molar-refractivity contribution in [3.05, 3.63) is 0 Å². The fourth-order valence-electron chi connectivity index (χ4n) is 1.99. The molecule has 1 saturated heterocycles.